The first kappa shape index (κ1) is 11.5. The van der Waals surface area contributed by atoms with Crippen LogP contribution in [0.15, 0.2) is 0 Å². The number of nitrogens with zero attached hydrogens (tertiary/aromatic N) is 1. The average molecular weight is 199 g/mol. The van der Waals surface area contributed by atoms with Gasteiger partial charge in [-0.3, -0.25) is 4.79 Å². The predicted molar refractivity (Wildman–Crippen MR) is 55.9 cm³/mol. The number of hydrogen-bond acceptors (Lipinski definition) is 2. The predicted octanol–water partition coefficient (Wildman–Crippen LogP) is 1.40. The Kier molecular flexibility index (Phi) is 3.53. The van der Waals surface area contributed by atoms with E-state index in [1.807, 2.05) is 4.90 Å². The monoisotopic (exact) mass is 199 g/mol. The molecule has 3 nitrogen and oxygen atoms in total. The van der Waals surface area contributed by atoms with Crippen molar-refractivity contribution in [2.24, 2.45) is 5.92 Å². The van der Waals surface area contributed by atoms with Gasteiger partial charge < -0.3 is 10.0 Å². The van der Waals surface area contributed by atoms with Crippen LogP contribution in [0.5, 0.6) is 0 Å². The van der Waals surface area contributed by atoms with Crippen molar-refractivity contribution in [1.29, 1.82) is 0 Å². The van der Waals surface area contributed by atoms with E-state index in [9.17, 15) is 9.90 Å². The molecule has 0 aromatic carbocycles. The Labute approximate surface area is 86.1 Å². The molecule has 1 heterocycles. The van der Waals surface area contributed by atoms with Gasteiger partial charge in [-0.15, -0.1) is 0 Å². The van der Waals surface area contributed by atoms with Crippen LogP contribution >= 0.6 is 0 Å². The minimum Gasteiger partial charge on any atom is -0.390 e. The maximum Gasteiger partial charge on any atom is 0.209 e. The van der Waals surface area contributed by atoms with Crippen molar-refractivity contribution in [3.05, 3.63) is 0 Å². The number of rotatable bonds is 3. The molecule has 0 aromatic rings. The molecule has 0 spiro atoms. The fourth-order valence-electron chi connectivity index (χ4n) is 2.17. The van der Waals surface area contributed by atoms with E-state index in [0.717, 1.165) is 25.8 Å². The zero-order chi connectivity index (χ0) is 10.8. The molecule has 1 aliphatic heterocycles. The van der Waals surface area contributed by atoms with E-state index < -0.39 is 5.60 Å². The summed E-state index contributed by atoms with van der Waals surface area (Å²) in [5.74, 6) is 0.596. The first-order chi connectivity index (χ1) is 6.42. The summed E-state index contributed by atoms with van der Waals surface area (Å²) in [5.41, 5.74) is -0.674. The lowest BCUT2D eigenvalue weighted by Gasteiger charge is -2.38. The second-order valence-corrected chi connectivity index (χ2v) is 5.16. The number of aliphatic hydroxyl groups is 1. The molecular formula is C11H21NO2. The molecule has 1 amide bonds. The van der Waals surface area contributed by atoms with Gasteiger partial charge in [0.2, 0.25) is 6.41 Å². The van der Waals surface area contributed by atoms with Crippen LogP contribution in [0.1, 0.15) is 40.0 Å². The molecule has 1 aliphatic rings. The highest BCUT2D eigenvalue weighted by Crippen LogP contribution is 2.26. The third-order valence-corrected chi connectivity index (χ3v) is 2.85. The standard InChI is InChI=1S/C11H21NO2/c1-9-4-5-10(6-11(2,3)14)12(7-9)8-13/h8-10,14H,4-7H2,1-3H3. The number of carbonyl (C=O) groups is 1. The van der Waals surface area contributed by atoms with Gasteiger partial charge in [-0.1, -0.05) is 6.92 Å². The molecule has 1 rings (SSSR count). The Bertz CT molecular complexity index is 198. The Morgan fingerprint density at radius 1 is 1.50 bits per heavy atom. The number of amides is 1. The van der Waals surface area contributed by atoms with Crippen LogP contribution in [0.4, 0.5) is 0 Å². The maximum absolute atomic E-state index is 10.8. The van der Waals surface area contributed by atoms with E-state index in [1.165, 1.54) is 0 Å². The average Bonchev–Trinajstić information content (AvgIpc) is 2.06. The van der Waals surface area contributed by atoms with Crippen LogP contribution in [-0.2, 0) is 4.79 Å². The van der Waals surface area contributed by atoms with Gasteiger partial charge in [-0.25, -0.2) is 0 Å². The Morgan fingerprint density at radius 3 is 2.64 bits per heavy atom. The topological polar surface area (TPSA) is 40.5 Å². The lowest BCUT2D eigenvalue weighted by atomic mass is 9.88. The second-order valence-electron chi connectivity index (χ2n) is 5.16. The number of carbonyl (C=O) groups excluding carboxylic acids is 1. The van der Waals surface area contributed by atoms with Gasteiger partial charge in [-0.05, 0) is 39.0 Å². The van der Waals surface area contributed by atoms with E-state index in [4.69, 9.17) is 0 Å². The molecule has 2 unspecified atom stereocenters. The van der Waals surface area contributed by atoms with Crippen molar-refractivity contribution in [1.82, 2.24) is 4.90 Å². The number of likely N-dealkylation sites (tertiary alicyclic amines) is 1. The molecule has 1 N–H and O–H groups in total. The molecule has 0 aromatic heterocycles. The summed E-state index contributed by atoms with van der Waals surface area (Å²) >= 11 is 0. The molecule has 0 bridgehead atoms. The van der Waals surface area contributed by atoms with Crippen molar-refractivity contribution in [3.63, 3.8) is 0 Å². The molecule has 0 saturated carbocycles. The van der Waals surface area contributed by atoms with E-state index in [0.29, 0.717) is 12.3 Å². The van der Waals surface area contributed by atoms with Crippen LogP contribution in [-0.4, -0.2) is 34.6 Å². The fraction of sp³-hybridized carbons (Fsp3) is 0.909. The Balaban J connectivity index is 2.54. The van der Waals surface area contributed by atoms with E-state index in [-0.39, 0.29) is 6.04 Å². The summed E-state index contributed by atoms with van der Waals surface area (Å²) in [7, 11) is 0. The third-order valence-electron chi connectivity index (χ3n) is 2.85. The smallest absolute Gasteiger partial charge is 0.209 e. The second kappa shape index (κ2) is 4.30. The van der Waals surface area contributed by atoms with Crippen molar-refractivity contribution >= 4 is 6.41 Å². The highest BCUT2D eigenvalue weighted by atomic mass is 16.3. The van der Waals surface area contributed by atoms with E-state index in [1.54, 1.807) is 13.8 Å². The van der Waals surface area contributed by atoms with Crippen molar-refractivity contribution in [2.45, 2.75) is 51.7 Å². The van der Waals surface area contributed by atoms with Crippen LogP contribution in [0.3, 0.4) is 0 Å². The van der Waals surface area contributed by atoms with Gasteiger partial charge in [0.05, 0.1) is 5.60 Å². The molecule has 82 valence electrons. The zero-order valence-corrected chi connectivity index (χ0v) is 9.36. The van der Waals surface area contributed by atoms with Crippen LogP contribution in [0, 0.1) is 5.92 Å². The van der Waals surface area contributed by atoms with Crippen molar-refractivity contribution in [3.8, 4) is 0 Å². The van der Waals surface area contributed by atoms with Crippen LogP contribution in [0.25, 0.3) is 0 Å². The van der Waals surface area contributed by atoms with Gasteiger partial charge in [0.25, 0.3) is 0 Å². The molecule has 1 saturated heterocycles. The highest BCUT2D eigenvalue weighted by molar-refractivity contribution is 5.48. The number of piperidine rings is 1. The largest absolute Gasteiger partial charge is 0.390 e. The van der Waals surface area contributed by atoms with Crippen LogP contribution < -0.4 is 0 Å². The molecule has 14 heavy (non-hydrogen) atoms. The third kappa shape index (κ3) is 3.29. The van der Waals surface area contributed by atoms with Crippen molar-refractivity contribution in [2.75, 3.05) is 6.54 Å². The van der Waals surface area contributed by atoms with Crippen LogP contribution in [0.2, 0.25) is 0 Å². The molecular weight excluding hydrogens is 178 g/mol. The minimum atomic E-state index is -0.674. The molecule has 2 atom stereocenters. The molecule has 1 fully saturated rings. The zero-order valence-electron chi connectivity index (χ0n) is 9.36. The quantitative estimate of drug-likeness (QED) is 0.698. The summed E-state index contributed by atoms with van der Waals surface area (Å²) < 4.78 is 0. The Hall–Kier alpha value is -0.570. The van der Waals surface area contributed by atoms with E-state index in [2.05, 4.69) is 6.92 Å². The van der Waals surface area contributed by atoms with Gasteiger partial charge >= 0.3 is 0 Å². The summed E-state index contributed by atoms with van der Waals surface area (Å²) in [6.45, 7) is 6.60. The fourth-order valence-corrected chi connectivity index (χ4v) is 2.17. The SMILES string of the molecule is CC1CCC(CC(C)(C)O)N(C=O)C1. The molecule has 0 radical (unpaired) electrons. The van der Waals surface area contributed by atoms with Gasteiger partial charge in [-0.2, -0.15) is 0 Å². The summed E-state index contributed by atoms with van der Waals surface area (Å²) in [4.78, 5) is 12.7. The lowest BCUT2D eigenvalue weighted by molar-refractivity contribution is -0.123. The maximum atomic E-state index is 10.8. The molecule has 0 aliphatic carbocycles. The summed E-state index contributed by atoms with van der Waals surface area (Å²) in [6.07, 6.45) is 3.78. The minimum absolute atomic E-state index is 0.226. The molecule has 3 heteroatoms. The van der Waals surface area contributed by atoms with Gasteiger partial charge in [0.15, 0.2) is 0 Å². The first-order valence-corrected chi connectivity index (χ1v) is 5.36. The lowest BCUT2D eigenvalue weighted by Crippen LogP contribution is -2.45. The van der Waals surface area contributed by atoms with Gasteiger partial charge in [0.1, 0.15) is 0 Å². The summed E-state index contributed by atoms with van der Waals surface area (Å²) in [5, 5.41) is 9.71. The van der Waals surface area contributed by atoms with Gasteiger partial charge in [0, 0.05) is 12.6 Å². The summed E-state index contributed by atoms with van der Waals surface area (Å²) in [6, 6.07) is 0.226. The van der Waals surface area contributed by atoms with Crippen molar-refractivity contribution < 1.29 is 9.90 Å². The normalized spacial score (nSPS) is 29.0. The van der Waals surface area contributed by atoms with E-state index >= 15 is 0 Å². The highest BCUT2D eigenvalue weighted by Gasteiger charge is 2.29. The Morgan fingerprint density at radius 2 is 2.14 bits per heavy atom. The number of hydrogen-bond donors (Lipinski definition) is 1. The first-order valence-electron chi connectivity index (χ1n) is 5.36.